The number of pyridine rings is 1. The molecule has 0 aliphatic carbocycles. The first-order valence-electron chi connectivity index (χ1n) is 9.61. The van der Waals surface area contributed by atoms with E-state index in [0.717, 1.165) is 21.8 Å². The number of hydrogen-bond acceptors (Lipinski definition) is 7. The van der Waals surface area contributed by atoms with E-state index in [-0.39, 0.29) is 4.90 Å². The van der Waals surface area contributed by atoms with Crippen molar-refractivity contribution in [2.75, 3.05) is 6.61 Å². The van der Waals surface area contributed by atoms with Crippen molar-refractivity contribution in [3.8, 4) is 5.75 Å². The van der Waals surface area contributed by atoms with E-state index in [9.17, 15) is 8.42 Å². The molecule has 3 heterocycles. The van der Waals surface area contributed by atoms with Crippen molar-refractivity contribution >= 4 is 32.1 Å². The molecule has 0 bridgehead atoms. The van der Waals surface area contributed by atoms with Gasteiger partial charge in [-0.1, -0.05) is 6.07 Å². The van der Waals surface area contributed by atoms with E-state index in [2.05, 4.69) is 20.2 Å². The summed E-state index contributed by atoms with van der Waals surface area (Å²) in [6.45, 7) is 3.71. The number of aromatic nitrogens is 4. The van der Waals surface area contributed by atoms with Crippen molar-refractivity contribution in [1.29, 1.82) is 0 Å². The quantitative estimate of drug-likeness (QED) is 0.446. The van der Waals surface area contributed by atoms with Gasteiger partial charge >= 0.3 is 0 Å². The minimum atomic E-state index is -3.47. The Morgan fingerprint density at radius 3 is 2.73 bits per heavy atom. The van der Waals surface area contributed by atoms with Crippen LogP contribution in [-0.4, -0.2) is 40.4 Å². The average Bonchev–Trinajstić information content (AvgIpc) is 3.39. The third-order valence-corrected chi connectivity index (χ3v) is 7.69. The summed E-state index contributed by atoms with van der Waals surface area (Å²) < 4.78 is 31.7. The predicted octanol–water partition coefficient (Wildman–Crippen LogP) is 3.81. The summed E-state index contributed by atoms with van der Waals surface area (Å²) in [5.41, 5.74) is 2.34. The molecule has 0 aliphatic rings. The van der Waals surface area contributed by atoms with Gasteiger partial charge in [-0.2, -0.15) is 5.10 Å². The molecule has 4 aromatic rings. The van der Waals surface area contributed by atoms with Crippen molar-refractivity contribution in [2.24, 2.45) is 0 Å². The summed E-state index contributed by atoms with van der Waals surface area (Å²) >= 11 is 1.54. The second-order valence-corrected chi connectivity index (χ2v) is 10.6. The Labute approximate surface area is 179 Å². The lowest BCUT2D eigenvalue weighted by molar-refractivity contribution is 0.323. The highest BCUT2D eigenvalue weighted by molar-refractivity contribution is 7.92. The number of H-pyrrole nitrogens is 1. The molecular weight excluding hydrogens is 420 g/mol. The highest BCUT2D eigenvalue weighted by atomic mass is 32.2. The van der Waals surface area contributed by atoms with E-state index in [4.69, 9.17) is 4.74 Å². The Morgan fingerprint density at radius 1 is 1.17 bits per heavy atom. The van der Waals surface area contributed by atoms with E-state index >= 15 is 0 Å². The largest absolute Gasteiger partial charge is 0.491 e. The molecule has 7 nitrogen and oxygen atoms in total. The summed E-state index contributed by atoms with van der Waals surface area (Å²) in [4.78, 5) is 8.85. The zero-order valence-electron chi connectivity index (χ0n) is 16.7. The van der Waals surface area contributed by atoms with Crippen molar-refractivity contribution in [2.45, 2.75) is 36.8 Å². The number of fused-ring (bicyclic) bond motifs is 1. The first-order chi connectivity index (χ1) is 14.4. The van der Waals surface area contributed by atoms with Gasteiger partial charge in [0.05, 0.1) is 27.5 Å². The number of nitrogens with one attached hydrogen (secondary N) is 1. The Kier molecular flexibility index (Phi) is 5.83. The van der Waals surface area contributed by atoms with Crippen LogP contribution >= 0.6 is 11.3 Å². The zero-order chi connectivity index (χ0) is 21.1. The number of ether oxygens (including phenoxy) is 1. The molecule has 0 spiro atoms. The summed E-state index contributed by atoms with van der Waals surface area (Å²) in [5, 5.41) is 10.5. The first kappa shape index (κ1) is 20.5. The average molecular weight is 443 g/mol. The van der Waals surface area contributed by atoms with Gasteiger partial charge in [-0.25, -0.2) is 13.4 Å². The smallest absolute Gasteiger partial charge is 0.180 e. The topological polar surface area (TPSA) is 97.8 Å². The van der Waals surface area contributed by atoms with Crippen LogP contribution in [0.1, 0.15) is 30.2 Å². The van der Waals surface area contributed by atoms with Crippen LogP contribution in [0.5, 0.6) is 5.75 Å². The lowest BCUT2D eigenvalue weighted by Crippen LogP contribution is -2.14. The van der Waals surface area contributed by atoms with Crippen LogP contribution in [0.2, 0.25) is 0 Å². The van der Waals surface area contributed by atoms with E-state index in [1.165, 1.54) is 0 Å². The molecule has 9 heteroatoms. The number of aromatic amines is 1. The molecule has 0 radical (unpaired) electrons. The number of hydrogen-bond donors (Lipinski definition) is 1. The first-order valence-corrected chi connectivity index (χ1v) is 12.0. The fraction of sp³-hybridized carbons (Fsp3) is 0.286. The Bertz CT molecular complexity index is 1230. The van der Waals surface area contributed by atoms with Crippen LogP contribution in [0, 0.1) is 0 Å². The van der Waals surface area contributed by atoms with E-state index < -0.39 is 15.1 Å². The van der Waals surface area contributed by atoms with Gasteiger partial charge in [0.1, 0.15) is 11.3 Å². The highest BCUT2D eigenvalue weighted by Gasteiger charge is 2.23. The molecule has 0 fully saturated rings. The van der Waals surface area contributed by atoms with Gasteiger partial charge in [0.2, 0.25) is 0 Å². The summed E-state index contributed by atoms with van der Waals surface area (Å²) in [7, 11) is -3.47. The molecule has 1 aromatic carbocycles. The van der Waals surface area contributed by atoms with E-state index in [1.807, 2.05) is 23.6 Å². The Hall–Kier alpha value is -2.78. The van der Waals surface area contributed by atoms with Crippen LogP contribution in [0.3, 0.4) is 0 Å². The fourth-order valence-electron chi connectivity index (χ4n) is 3.10. The normalized spacial score (nSPS) is 12.0. The predicted molar refractivity (Wildman–Crippen MR) is 117 cm³/mol. The maximum atomic E-state index is 12.9. The molecule has 156 valence electrons. The molecule has 0 unspecified atom stereocenters. The molecule has 0 saturated heterocycles. The third-order valence-electron chi connectivity index (χ3n) is 4.78. The molecule has 0 atom stereocenters. The van der Waals surface area contributed by atoms with Gasteiger partial charge in [0.25, 0.3) is 0 Å². The lowest BCUT2D eigenvalue weighted by atomic mass is 10.1. The maximum absolute atomic E-state index is 12.9. The van der Waals surface area contributed by atoms with Crippen molar-refractivity contribution in [3.63, 3.8) is 0 Å². The summed E-state index contributed by atoms with van der Waals surface area (Å²) in [6, 6.07) is 8.98. The number of thiazole rings is 1. The van der Waals surface area contributed by atoms with Gasteiger partial charge in [-0.15, -0.1) is 11.3 Å². The lowest BCUT2D eigenvalue weighted by Gasteiger charge is -2.12. The van der Waals surface area contributed by atoms with E-state index in [0.29, 0.717) is 30.7 Å². The van der Waals surface area contributed by atoms with Crippen LogP contribution < -0.4 is 4.74 Å². The zero-order valence-corrected chi connectivity index (χ0v) is 18.3. The number of nitrogens with zero attached hydrogens (tertiary/aromatic N) is 3. The Morgan fingerprint density at radius 2 is 2.03 bits per heavy atom. The van der Waals surface area contributed by atoms with Gasteiger partial charge in [-0.05, 0) is 32.0 Å². The standard InChI is InChI=1S/C21H22N4O3S2/c1-14(2)30(26,27)16-11-17-18(13-20-23-8-10-29-20)24-25-21(17)19(12-16)28-9-6-15-5-3-4-7-22-15/h3-5,7-8,10-12,14H,6,9,13H2,1-2H3,(H,24,25). The molecular formula is C21H22N4O3S2. The maximum Gasteiger partial charge on any atom is 0.180 e. The van der Waals surface area contributed by atoms with Crippen molar-refractivity contribution in [1.82, 2.24) is 20.2 Å². The van der Waals surface area contributed by atoms with Gasteiger partial charge in [0.15, 0.2) is 9.84 Å². The van der Waals surface area contributed by atoms with E-state index in [1.54, 1.807) is 49.7 Å². The van der Waals surface area contributed by atoms with Gasteiger partial charge < -0.3 is 4.74 Å². The molecule has 0 saturated carbocycles. The third kappa shape index (κ3) is 4.22. The van der Waals surface area contributed by atoms with Gasteiger partial charge in [-0.3, -0.25) is 10.1 Å². The molecule has 3 aromatic heterocycles. The molecule has 0 amide bonds. The molecule has 30 heavy (non-hydrogen) atoms. The SMILES string of the molecule is CC(C)S(=O)(=O)c1cc(OCCc2ccccn2)c2n[nH]c(Cc3nccs3)c2c1. The van der Waals surface area contributed by atoms with Gasteiger partial charge in [0, 0.05) is 47.8 Å². The van der Waals surface area contributed by atoms with Crippen LogP contribution in [-0.2, 0) is 22.7 Å². The number of rotatable bonds is 8. The van der Waals surface area contributed by atoms with Crippen molar-refractivity contribution < 1.29 is 13.2 Å². The van der Waals surface area contributed by atoms with Crippen LogP contribution in [0.4, 0.5) is 0 Å². The fourth-order valence-corrected chi connectivity index (χ4v) is 4.82. The highest BCUT2D eigenvalue weighted by Crippen LogP contribution is 2.32. The second-order valence-electron chi connectivity index (χ2n) is 7.14. The molecule has 4 rings (SSSR count). The molecule has 0 aliphatic heterocycles. The molecule has 1 N–H and O–H groups in total. The monoisotopic (exact) mass is 442 g/mol. The Balaban J connectivity index is 1.70. The van der Waals surface area contributed by atoms with Crippen molar-refractivity contribution in [3.05, 3.63) is 64.5 Å². The minimum Gasteiger partial charge on any atom is -0.491 e. The number of benzene rings is 1. The second kappa shape index (κ2) is 8.53. The van der Waals surface area contributed by atoms with Crippen LogP contribution in [0.25, 0.3) is 10.9 Å². The summed E-state index contributed by atoms with van der Waals surface area (Å²) in [6.07, 6.45) is 4.65. The minimum absolute atomic E-state index is 0.236. The summed E-state index contributed by atoms with van der Waals surface area (Å²) in [5.74, 6) is 0.448. The number of sulfone groups is 1. The van der Waals surface area contributed by atoms with Crippen LogP contribution in [0.15, 0.2) is 53.0 Å².